The predicted molar refractivity (Wildman–Crippen MR) is 92.7 cm³/mol. The lowest BCUT2D eigenvalue weighted by molar-refractivity contribution is 0.173. The van der Waals surface area contributed by atoms with Gasteiger partial charge in [-0.3, -0.25) is 0 Å². The molecular formula is C20H22O5. The van der Waals surface area contributed by atoms with Crippen LogP contribution in [-0.2, 0) is 6.42 Å². The molecule has 2 aliphatic heterocycles. The maximum atomic E-state index is 9.09. The average Bonchev–Trinajstić information content (AvgIpc) is 3.23. The van der Waals surface area contributed by atoms with Crippen molar-refractivity contribution in [1.82, 2.24) is 0 Å². The fourth-order valence-corrected chi connectivity index (χ4v) is 3.57. The van der Waals surface area contributed by atoms with Crippen molar-refractivity contribution in [3.63, 3.8) is 0 Å². The third-order valence-electron chi connectivity index (χ3n) is 4.90. The van der Waals surface area contributed by atoms with Crippen LogP contribution in [0, 0.1) is 0 Å². The van der Waals surface area contributed by atoms with E-state index in [0.717, 1.165) is 52.5 Å². The predicted octanol–water partition coefficient (Wildman–Crippen LogP) is 3.59. The van der Waals surface area contributed by atoms with E-state index in [1.165, 1.54) is 0 Å². The summed E-state index contributed by atoms with van der Waals surface area (Å²) in [6.45, 7) is 2.61. The molecule has 2 aromatic rings. The Morgan fingerprint density at radius 3 is 2.80 bits per heavy atom. The van der Waals surface area contributed by atoms with Crippen molar-refractivity contribution in [3.05, 3.63) is 47.0 Å². The Bertz CT molecular complexity index is 786. The van der Waals surface area contributed by atoms with Crippen molar-refractivity contribution in [3.8, 4) is 23.0 Å². The Hall–Kier alpha value is -2.40. The quantitative estimate of drug-likeness (QED) is 0.900. The van der Waals surface area contributed by atoms with Crippen LogP contribution in [0.3, 0.4) is 0 Å². The monoisotopic (exact) mass is 342 g/mol. The first-order valence-corrected chi connectivity index (χ1v) is 8.59. The Morgan fingerprint density at radius 1 is 1.16 bits per heavy atom. The SMILES string of the molecule is COc1cc(CCCO)cc2c1O[C@@H](c1ccc3c(c1)OCO3)[C@H]2C. The maximum absolute atomic E-state index is 9.09. The fourth-order valence-electron chi connectivity index (χ4n) is 3.57. The molecule has 4 rings (SSSR count). The summed E-state index contributed by atoms with van der Waals surface area (Å²) in [5, 5.41) is 9.09. The van der Waals surface area contributed by atoms with E-state index in [1.54, 1.807) is 7.11 Å². The largest absolute Gasteiger partial charge is 0.493 e. The second-order valence-corrected chi connectivity index (χ2v) is 6.48. The molecule has 0 saturated heterocycles. The van der Waals surface area contributed by atoms with Crippen LogP contribution in [0.2, 0.25) is 0 Å². The first kappa shape index (κ1) is 16.1. The second-order valence-electron chi connectivity index (χ2n) is 6.48. The van der Waals surface area contributed by atoms with Crippen LogP contribution in [0.1, 0.15) is 42.1 Å². The van der Waals surface area contributed by atoms with Gasteiger partial charge in [-0.25, -0.2) is 0 Å². The van der Waals surface area contributed by atoms with Crippen molar-refractivity contribution in [2.45, 2.75) is 31.8 Å². The highest BCUT2D eigenvalue weighted by atomic mass is 16.7. The molecule has 2 atom stereocenters. The van der Waals surface area contributed by atoms with Gasteiger partial charge in [0.05, 0.1) is 7.11 Å². The van der Waals surface area contributed by atoms with E-state index >= 15 is 0 Å². The lowest BCUT2D eigenvalue weighted by Gasteiger charge is -2.16. The maximum Gasteiger partial charge on any atom is 0.231 e. The van der Waals surface area contributed by atoms with E-state index < -0.39 is 0 Å². The molecule has 0 radical (unpaired) electrons. The van der Waals surface area contributed by atoms with Gasteiger partial charge in [0.25, 0.3) is 0 Å². The zero-order chi connectivity index (χ0) is 17.4. The van der Waals surface area contributed by atoms with Crippen molar-refractivity contribution >= 4 is 0 Å². The van der Waals surface area contributed by atoms with E-state index in [4.69, 9.17) is 24.1 Å². The smallest absolute Gasteiger partial charge is 0.231 e. The molecule has 0 saturated carbocycles. The number of methoxy groups -OCH3 is 1. The van der Waals surface area contributed by atoms with Gasteiger partial charge in [0.1, 0.15) is 6.10 Å². The highest BCUT2D eigenvalue weighted by molar-refractivity contribution is 5.55. The molecule has 1 N–H and O–H groups in total. The molecule has 0 aromatic heterocycles. The van der Waals surface area contributed by atoms with Crippen molar-refractivity contribution in [2.24, 2.45) is 0 Å². The first-order chi connectivity index (χ1) is 12.2. The summed E-state index contributed by atoms with van der Waals surface area (Å²) in [5.74, 6) is 3.29. The molecule has 25 heavy (non-hydrogen) atoms. The van der Waals surface area contributed by atoms with E-state index in [-0.39, 0.29) is 25.4 Å². The molecule has 5 heteroatoms. The molecule has 2 aliphatic rings. The van der Waals surface area contributed by atoms with Crippen LogP contribution in [0.15, 0.2) is 30.3 Å². The fraction of sp³-hybridized carbons (Fsp3) is 0.400. The van der Waals surface area contributed by atoms with Gasteiger partial charge < -0.3 is 24.1 Å². The van der Waals surface area contributed by atoms with E-state index in [9.17, 15) is 0 Å². The number of ether oxygens (including phenoxy) is 4. The topological polar surface area (TPSA) is 57.2 Å². The van der Waals surface area contributed by atoms with E-state index in [0.29, 0.717) is 0 Å². The lowest BCUT2D eigenvalue weighted by atomic mass is 9.91. The molecule has 0 aliphatic carbocycles. The van der Waals surface area contributed by atoms with Crippen LogP contribution < -0.4 is 18.9 Å². The minimum atomic E-state index is -0.0912. The Labute approximate surface area is 147 Å². The third kappa shape index (κ3) is 2.78. The highest BCUT2D eigenvalue weighted by Crippen LogP contribution is 2.51. The molecule has 0 amide bonds. The molecule has 0 bridgehead atoms. The van der Waals surface area contributed by atoms with E-state index in [1.807, 2.05) is 24.3 Å². The number of aliphatic hydroxyl groups excluding tert-OH is 1. The summed E-state index contributed by atoms with van der Waals surface area (Å²) >= 11 is 0. The van der Waals surface area contributed by atoms with Gasteiger partial charge >= 0.3 is 0 Å². The molecule has 0 unspecified atom stereocenters. The van der Waals surface area contributed by atoms with Crippen LogP contribution in [0.4, 0.5) is 0 Å². The van der Waals surface area contributed by atoms with E-state index in [2.05, 4.69) is 13.0 Å². The summed E-state index contributed by atoms with van der Waals surface area (Å²) in [6, 6.07) is 10.1. The number of aryl methyl sites for hydroxylation is 1. The zero-order valence-electron chi connectivity index (χ0n) is 14.5. The number of rotatable bonds is 5. The van der Waals surface area contributed by atoms with Gasteiger partial charge in [0, 0.05) is 18.1 Å². The normalized spacial score (nSPS) is 20.3. The molecule has 0 spiro atoms. The molecule has 2 heterocycles. The van der Waals surface area contributed by atoms with Crippen molar-refractivity contribution in [2.75, 3.05) is 20.5 Å². The van der Waals surface area contributed by atoms with Crippen LogP contribution in [-0.4, -0.2) is 25.6 Å². The number of hydrogen-bond acceptors (Lipinski definition) is 5. The number of hydrogen-bond donors (Lipinski definition) is 1. The molecule has 2 aromatic carbocycles. The standard InChI is InChI=1S/C20H22O5/c1-12-15-8-13(4-3-7-21)9-18(22-2)20(15)25-19(12)14-5-6-16-17(10-14)24-11-23-16/h5-6,8-10,12,19,21H,3-4,7,11H2,1-2H3/t12-,19+/m0/s1. The summed E-state index contributed by atoms with van der Waals surface area (Å²) in [5.41, 5.74) is 3.37. The van der Waals surface area contributed by atoms with Crippen molar-refractivity contribution < 1.29 is 24.1 Å². The van der Waals surface area contributed by atoms with Gasteiger partial charge in [0.15, 0.2) is 23.0 Å². The summed E-state index contributed by atoms with van der Waals surface area (Å²) in [7, 11) is 1.66. The number of aliphatic hydroxyl groups is 1. The average molecular weight is 342 g/mol. The Balaban J connectivity index is 1.67. The third-order valence-corrected chi connectivity index (χ3v) is 4.90. The van der Waals surface area contributed by atoms with Gasteiger partial charge in [-0.1, -0.05) is 19.1 Å². The highest BCUT2D eigenvalue weighted by Gasteiger charge is 2.35. The molecule has 0 fully saturated rings. The van der Waals surface area contributed by atoms with Crippen molar-refractivity contribution in [1.29, 1.82) is 0 Å². The van der Waals surface area contributed by atoms with Gasteiger partial charge in [0.2, 0.25) is 6.79 Å². The van der Waals surface area contributed by atoms with Gasteiger partial charge in [-0.2, -0.15) is 0 Å². The van der Waals surface area contributed by atoms with Gasteiger partial charge in [-0.15, -0.1) is 0 Å². The second kappa shape index (κ2) is 6.48. The van der Waals surface area contributed by atoms with Crippen LogP contribution >= 0.6 is 0 Å². The summed E-state index contributed by atoms with van der Waals surface area (Å²) in [4.78, 5) is 0. The number of fused-ring (bicyclic) bond motifs is 2. The lowest BCUT2D eigenvalue weighted by Crippen LogP contribution is -2.07. The van der Waals surface area contributed by atoms with Gasteiger partial charge in [-0.05, 0) is 42.2 Å². The zero-order valence-corrected chi connectivity index (χ0v) is 14.5. The molecule has 5 nitrogen and oxygen atoms in total. The van der Waals surface area contributed by atoms with Crippen LogP contribution in [0.5, 0.6) is 23.0 Å². The summed E-state index contributed by atoms with van der Waals surface area (Å²) < 4.78 is 22.7. The molecule has 132 valence electrons. The minimum absolute atomic E-state index is 0.0912. The number of benzene rings is 2. The molecular weight excluding hydrogens is 320 g/mol. The first-order valence-electron chi connectivity index (χ1n) is 8.59. The van der Waals surface area contributed by atoms with Crippen LogP contribution in [0.25, 0.3) is 0 Å². The Morgan fingerprint density at radius 2 is 2.00 bits per heavy atom. The summed E-state index contributed by atoms with van der Waals surface area (Å²) in [6.07, 6.45) is 1.47. The Kier molecular flexibility index (Phi) is 4.17. The minimum Gasteiger partial charge on any atom is -0.493 e.